The summed E-state index contributed by atoms with van der Waals surface area (Å²) in [6.45, 7) is 1.88. The number of rotatable bonds is 0. The van der Waals surface area contributed by atoms with Crippen molar-refractivity contribution >= 4 is 0 Å². The van der Waals surface area contributed by atoms with Gasteiger partial charge in [-0.1, -0.05) is 57.1 Å². The smallest absolute Gasteiger partial charge is 0.0500 e. The topological polar surface area (TPSA) is 9.23 Å². The van der Waals surface area contributed by atoms with Gasteiger partial charge in [-0.2, -0.15) is 0 Å². The van der Waals surface area contributed by atoms with Gasteiger partial charge >= 0.3 is 0 Å². The summed E-state index contributed by atoms with van der Waals surface area (Å²) in [6.07, 6.45) is 19.5. The molecular formula is C15H28O. The van der Waals surface area contributed by atoms with Crippen LogP contribution < -0.4 is 0 Å². The Morgan fingerprint density at radius 2 is 1.06 bits per heavy atom. The van der Waals surface area contributed by atoms with Crippen molar-refractivity contribution in [3.05, 3.63) is 12.2 Å². The molecule has 0 saturated carbocycles. The van der Waals surface area contributed by atoms with Gasteiger partial charge in [0.05, 0.1) is 6.61 Å². The summed E-state index contributed by atoms with van der Waals surface area (Å²) in [5.41, 5.74) is 0. The van der Waals surface area contributed by atoms with Gasteiger partial charge in [0.2, 0.25) is 0 Å². The summed E-state index contributed by atoms with van der Waals surface area (Å²) in [6, 6.07) is 0. The number of ether oxygens (including phenoxy) is 1. The highest BCUT2D eigenvalue weighted by Gasteiger charge is 1.94. The van der Waals surface area contributed by atoms with E-state index in [0.717, 1.165) is 19.6 Å². The first-order valence-corrected chi connectivity index (χ1v) is 7.23. The van der Waals surface area contributed by atoms with Crippen molar-refractivity contribution < 1.29 is 4.74 Å². The number of allylic oxidation sites excluding steroid dienone is 1. The summed E-state index contributed by atoms with van der Waals surface area (Å²) in [7, 11) is 0. The van der Waals surface area contributed by atoms with Crippen molar-refractivity contribution in [3.63, 3.8) is 0 Å². The van der Waals surface area contributed by atoms with E-state index in [9.17, 15) is 0 Å². The lowest BCUT2D eigenvalue weighted by Gasteiger charge is -2.04. The molecule has 0 radical (unpaired) electrons. The fourth-order valence-corrected chi connectivity index (χ4v) is 2.19. The molecule has 1 heteroatoms. The van der Waals surface area contributed by atoms with Crippen LogP contribution in [-0.4, -0.2) is 13.2 Å². The lowest BCUT2D eigenvalue weighted by atomic mass is 10.1. The zero-order valence-electron chi connectivity index (χ0n) is 10.8. The second-order valence-corrected chi connectivity index (χ2v) is 4.84. The molecule has 1 aliphatic rings. The molecule has 1 heterocycles. The largest absolute Gasteiger partial charge is 0.381 e. The number of hydrogen-bond donors (Lipinski definition) is 0. The van der Waals surface area contributed by atoms with Gasteiger partial charge in [-0.25, -0.2) is 0 Å². The molecule has 0 spiro atoms. The van der Waals surface area contributed by atoms with Crippen LogP contribution in [0.15, 0.2) is 12.2 Å². The standard InChI is InChI=1S/C15H28O/c1-2-4-6-8-10-12-14-16-15-13-11-9-7-5-3-1/h8,10H,1-7,9,11-15H2. The molecule has 0 atom stereocenters. The van der Waals surface area contributed by atoms with Crippen LogP contribution >= 0.6 is 0 Å². The second kappa shape index (κ2) is 11.2. The van der Waals surface area contributed by atoms with Gasteiger partial charge in [0.1, 0.15) is 0 Å². The van der Waals surface area contributed by atoms with Crippen molar-refractivity contribution in [3.8, 4) is 0 Å². The van der Waals surface area contributed by atoms with Crippen molar-refractivity contribution in [1.82, 2.24) is 0 Å². The molecule has 0 N–H and O–H groups in total. The van der Waals surface area contributed by atoms with Gasteiger partial charge in [0.25, 0.3) is 0 Å². The van der Waals surface area contributed by atoms with E-state index in [-0.39, 0.29) is 0 Å². The molecule has 1 aliphatic heterocycles. The maximum absolute atomic E-state index is 5.58. The van der Waals surface area contributed by atoms with Crippen LogP contribution in [0.2, 0.25) is 0 Å². The molecule has 0 saturated heterocycles. The van der Waals surface area contributed by atoms with E-state index in [1.165, 1.54) is 64.2 Å². The Morgan fingerprint density at radius 3 is 1.81 bits per heavy atom. The van der Waals surface area contributed by atoms with Crippen molar-refractivity contribution in [2.75, 3.05) is 13.2 Å². The van der Waals surface area contributed by atoms with Crippen LogP contribution in [0.5, 0.6) is 0 Å². The highest BCUT2D eigenvalue weighted by Crippen LogP contribution is 2.11. The Morgan fingerprint density at radius 1 is 0.500 bits per heavy atom. The maximum atomic E-state index is 5.58. The van der Waals surface area contributed by atoms with Crippen LogP contribution in [0.25, 0.3) is 0 Å². The zero-order valence-corrected chi connectivity index (χ0v) is 10.8. The average molecular weight is 224 g/mol. The van der Waals surface area contributed by atoms with E-state index in [1.807, 2.05) is 0 Å². The maximum Gasteiger partial charge on any atom is 0.0500 e. The molecule has 0 aromatic heterocycles. The minimum Gasteiger partial charge on any atom is -0.381 e. The molecular weight excluding hydrogens is 196 g/mol. The lowest BCUT2D eigenvalue weighted by Crippen LogP contribution is -1.96. The van der Waals surface area contributed by atoms with E-state index in [4.69, 9.17) is 4.74 Å². The Hall–Kier alpha value is -0.300. The summed E-state index contributed by atoms with van der Waals surface area (Å²) in [4.78, 5) is 0. The summed E-state index contributed by atoms with van der Waals surface area (Å²) < 4.78 is 5.58. The van der Waals surface area contributed by atoms with E-state index in [1.54, 1.807) is 0 Å². The lowest BCUT2D eigenvalue weighted by molar-refractivity contribution is 0.134. The normalized spacial score (nSPS) is 23.0. The Labute approximate surface area is 101 Å². The predicted molar refractivity (Wildman–Crippen MR) is 70.7 cm³/mol. The molecule has 0 unspecified atom stereocenters. The molecule has 0 aromatic rings. The summed E-state index contributed by atoms with van der Waals surface area (Å²) >= 11 is 0. The van der Waals surface area contributed by atoms with Crippen LogP contribution in [0.1, 0.15) is 70.6 Å². The van der Waals surface area contributed by atoms with Gasteiger partial charge in [0, 0.05) is 6.61 Å². The minimum atomic E-state index is 0.913. The molecule has 1 rings (SSSR count). The first-order chi connectivity index (χ1) is 8.00. The SMILES string of the molecule is C1=CCCOCCCCCCCCCCC1. The molecule has 94 valence electrons. The van der Waals surface area contributed by atoms with E-state index in [2.05, 4.69) is 12.2 Å². The number of hydrogen-bond acceptors (Lipinski definition) is 1. The molecule has 0 fully saturated rings. The Bertz CT molecular complexity index is 145. The molecule has 16 heavy (non-hydrogen) atoms. The van der Waals surface area contributed by atoms with Crippen LogP contribution in [-0.2, 0) is 4.74 Å². The van der Waals surface area contributed by atoms with Gasteiger partial charge in [0.15, 0.2) is 0 Å². The fourth-order valence-electron chi connectivity index (χ4n) is 2.19. The monoisotopic (exact) mass is 224 g/mol. The third-order valence-corrected chi connectivity index (χ3v) is 3.25. The Kier molecular flexibility index (Phi) is 9.63. The third kappa shape index (κ3) is 8.96. The average Bonchev–Trinajstić information content (AvgIpc) is 2.29. The predicted octanol–water partition coefficient (Wildman–Crippen LogP) is 4.86. The molecule has 0 bridgehead atoms. The van der Waals surface area contributed by atoms with E-state index in [0.29, 0.717) is 0 Å². The highest BCUT2D eigenvalue weighted by molar-refractivity contribution is 4.81. The van der Waals surface area contributed by atoms with Gasteiger partial charge in [-0.15, -0.1) is 0 Å². The van der Waals surface area contributed by atoms with Crippen molar-refractivity contribution in [2.45, 2.75) is 70.6 Å². The first kappa shape index (κ1) is 13.8. The zero-order chi connectivity index (χ0) is 11.3. The minimum absolute atomic E-state index is 0.913. The molecule has 0 aliphatic carbocycles. The summed E-state index contributed by atoms with van der Waals surface area (Å²) in [5, 5.41) is 0. The van der Waals surface area contributed by atoms with Crippen LogP contribution in [0.3, 0.4) is 0 Å². The van der Waals surface area contributed by atoms with E-state index < -0.39 is 0 Å². The first-order valence-electron chi connectivity index (χ1n) is 7.23. The van der Waals surface area contributed by atoms with Crippen molar-refractivity contribution in [1.29, 1.82) is 0 Å². The van der Waals surface area contributed by atoms with Gasteiger partial charge < -0.3 is 4.74 Å². The van der Waals surface area contributed by atoms with Crippen LogP contribution in [0, 0.1) is 0 Å². The quantitative estimate of drug-likeness (QED) is 0.534. The second-order valence-electron chi connectivity index (χ2n) is 4.84. The Balaban J connectivity index is 2.07. The fraction of sp³-hybridized carbons (Fsp3) is 0.867. The van der Waals surface area contributed by atoms with Gasteiger partial charge in [-0.3, -0.25) is 0 Å². The van der Waals surface area contributed by atoms with E-state index >= 15 is 0 Å². The van der Waals surface area contributed by atoms with Gasteiger partial charge in [-0.05, 0) is 25.7 Å². The molecule has 0 amide bonds. The summed E-state index contributed by atoms with van der Waals surface area (Å²) in [5.74, 6) is 0. The van der Waals surface area contributed by atoms with Crippen LogP contribution in [0.4, 0.5) is 0 Å². The third-order valence-electron chi connectivity index (χ3n) is 3.25. The van der Waals surface area contributed by atoms with Crippen molar-refractivity contribution in [2.24, 2.45) is 0 Å². The molecule has 0 aromatic carbocycles. The molecule has 1 nitrogen and oxygen atoms in total. The highest BCUT2D eigenvalue weighted by atomic mass is 16.5.